The summed E-state index contributed by atoms with van der Waals surface area (Å²) in [5, 5.41) is 22.2. The van der Waals surface area contributed by atoms with Crippen LogP contribution in [0.25, 0.3) is 11.0 Å². The number of aromatic amines is 1. The van der Waals surface area contributed by atoms with Crippen LogP contribution < -0.4 is 10.1 Å². The second-order valence-corrected chi connectivity index (χ2v) is 8.01. The minimum Gasteiger partial charge on any atom is -0.435 e. The number of hydrogen-bond acceptors (Lipinski definition) is 8. The van der Waals surface area contributed by atoms with Crippen LogP contribution in [0.1, 0.15) is 11.3 Å². The average Bonchev–Trinajstić information content (AvgIpc) is 3.39. The van der Waals surface area contributed by atoms with Crippen LogP contribution >= 0.6 is 11.8 Å². The lowest BCUT2D eigenvalue weighted by atomic mass is 10.1. The summed E-state index contributed by atoms with van der Waals surface area (Å²) >= 11 is 1.32. The van der Waals surface area contributed by atoms with E-state index in [0.29, 0.717) is 38.9 Å². The Morgan fingerprint density at radius 2 is 2.18 bits per heavy atom. The van der Waals surface area contributed by atoms with Gasteiger partial charge in [0.2, 0.25) is 5.91 Å². The van der Waals surface area contributed by atoms with Crippen molar-refractivity contribution in [2.45, 2.75) is 31.0 Å². The predicted molar refractivity (Wildman–Crippen MR) is 119 cm³/mol. The topological polar surface area (TPSA) is 141 Å². The summed E-state index contributed by atoms with van der Waals surface area (Å²) in [5.41, 5.74) is 2.36. The van der Waals surface area contributed by atoms with Crippen molar-refractivity contribution in [3.8, 4) is 5.75 Å². The summed E-state index contributed by atoms with van der Waals surface area (Å²) < 4.78 is 30.5. The highest BCUT2D eigenvalue weighted by atomic mass is 32.2. The number of amides is 1. The molecule has 2 aromatic carbocycles. The van der Waals surface area contributed by atoms with Crippen molar-refractivity contribution >= 4 is 40.1 Å². The van der Waals surface area contributed by atoms with Crippen molar-refractivity contribution in [2.24, 2.45) is 0 Å². The van der Waals surface area contributed by atoms with Crippen molar-refractivity contribution in [2.75, 3.05) is 5.32 Å². The SMILES string of the molecule is Cc1c(NC(=O)Cn2cc(CSc3nc4ccc(OC(F)F)cc4[nH]3)nn2)cccc1[N+](=O)[O-]. The maximum absolute atomic E-state index is 12.4. The molecule has 0 radical (unpaired) electrons. The van der Waals surface area contributed by atoms with E-state index in [2.05, 4.69) is 30.3 Å². The molecule has 0 saturated heterocycles. The van der Waals surface area contributed by atoms with Gasteiger partial charge in [0.25, 0.3) is 5.69 Å². The Morgan fingerprint density at radius 3 is 2.94 bits per heavy atom. The number of halogens is 2. The molecule has 2 aromatic heterocycles. The molecular formula is C20H17F2N7O4S. The van der Waals surface area contributed by atoms with E-state index >= 15 is 0 Å². The van der Waals surface area contributed by atoms with Gasteiger partial charge in [0.1, 0.15) is 12.3 Å². The minimum atomic E-state index is -2.91. The number of rotatable bonds is 9. The molecule has 2 N–H and O–H groups in total. The van der Waals surface area contributed by atoms with Gasteiger partial charge in [-0.3, -0.25) is 14.9 Å². The van der Waals surface area contributed by atoms with Crippen LogP contribution in [0, 0.1) is 17.0 Å². The Hall–Kier alpha value is -4.07. The summed E-state index contributed by atoms with van der Waals surface area (Å²) in [5.74, 6) is 0.0160. The minimum absolute atomic E-state index is 0.0317. The number of imidazole rings is 1. The highest BCUT2D eigenvalue weighted by Crippen LogP contribution is 2.26. The molecule has 1 amide bonds. The third kappa shape index (κ3) is 5.46. The monoisotopic (exact) mass is 489 g/mol. The van der Waals surface area contributed by atoms with E-state index in [1.807, 2.05) is 0 Å². The second-order valence-electron chi connectivity index (χ2n) is 7.05. The normalized spacial score (nSPS) is 11.2. The molecule has 34 heavy (non-hydrogen) atoms. The molecule has 0 spiro atoms. The molecule has 4 rings (SSSR count). The zero-order valence-corrected chi connectivity index (χ0v) is 18.4. The van der Waals surface area contributed by atoms with Gasteiger partial charge in [-0.15, -0.1) is 5.10 Å². The molecule has 0 aliphatic carbocycles. The molecule has 2 heterocycles. The molecule has 14 heteroatoms. The zero-order valence-electron chi connectivity index (χ0n) is 17.6. The van der Waals surface area contributed by atoms with Gasteiger partial charge in [0, 0.05) is 24.1 Å². The summed E-state index contributed by atoms with van der Waals surface area (Å²) in [4.78, 5) is 30.3. The van der Waals surface area contributed by atoms with Crippen molar-refractivity contribution in [1.29, 1.82) is 0 Å². The molecule has 0 fully saturated rings. The number of alkyl halides is 2. The second kappa shape index (κ2) is 9.82. The summed E-state index contributed by atoms with van der Waals surface area (Å²) in [6.07, 6.45) is 1.60. The van der Waals surface area contributed by atoms with Crippen molar-refractivity contribution in [3.05, 3.63) is 64.0 Å². The smallest absolute Gasteiger partial charge is 0.387 e. The van der Waals surface area contributed by atoms with Crippen LogP contribution in [0.3, 0.4) is 0 Å². The van der Waals surface area contributed by atoms with Crippen molar-refractivity contribution < 1.29 is 23.2 Å². The molecule has 0 aliphatic heterocycles. The van der Waals surface area contributed by atoms with Crippen LogP contribution in [0.2, 0.25) is 0 Å². The van der Waals surface area contributed by atoms with E-state index in [0.717, 1.165) is 0 Å². The number of hydrogen-bond donors (Lipinski definition) is 2. The number of carbonyl (C=O) groups excluding carboxylic acids is 1. The number of nitrogens with zero attached hydrogens (tertiary/aromatic N) is 5. The van der Waals surface area contributed by atoms with Gasteiger partial charge in [-0.05, 0) is 25.1 Å². The molecule has 0 atom stereocenters. The lowest BCUT2D eigenvalue weighted by Crippen LogP contribution is -2.19. The number of nitro groups is 1. The van der Waals surface area contributed by atoms with Gasteiger partial charge in [-0.2, -0.15) is 8.78 Å². The van der Waals surface area contributed by atoms with Crippen molar-refractivity contribution in [3.63, 3.8) is 0 Å². The Labute approximate surface area is 194 Å². The molecule has 0 saturated carbocycles. The first-order valence-corrected chi connectivity index (χ1v) is 10.8. The Kier molecular flexibility index (Phi) is 6.67. The van der Waals surface area contributed by atoms with Gasteiger partial charge >= 0.3 is 6.61 Å². The Balaban J connectivity index is 1.34. The zero-order chi connectivity index (χ0) is 24.2. The number of fused-ring (bicyclic) bond motifs is 1. The maximum Gasteiger partial charge on any atom is 0.387 e. The number of aromatic nitrogens is 5. The number of nitrogens with one attached hydrogen (secondary N) is 2. The molecule has 0 bridgehead atoms. The quantitative estimate of drug-likeness (QED) is 0.205. The largest absolute Gasteiger partial charge is 0.435 e. The summed E-state index contributed by atoms with van der Waals surface area (Å²) in [7, 11) is 0. The summed E-state index contributed by atoms with van der Waals surface area (Å²) in [6, 6.07) is 8.87. The third-order valence-corrected chi connectivity index (χ3v) is 5.59. The van der Waals surface area contributed by atoms with E-state index in [9.17, 15) is 23.7 Å². The lowest BCUT2D eigenvalue weighted by Gasteiger charge is -2.08. The van der Waals surface area contributed by atoms with Crippen LogP contribution in [-0.2, 0) is 17.1 Å². The number of thioether (sulfide) groups is 1. The maximum atomic E-state index is 12.4. The fourth-order valence-electron chi connectivity index (χ4n) is 3.13. The standard InChI is InChI=1S/C20H17F2N7O4S/c1-11-14(3-2-4-17(11)29(31)32)23-18(30)9-28-8-12(26-27-28)10-34-20-24-15-6-5-13(33-19(21)22)7-16(15)25-20/h2-8,19H,9-10H2,1H3,(H,23,30)(H,24,25). The van der Waals surface area contributed by atoms with E-state index in [4.69, 9.17) is 0 Å². The fraction of sp³-hybridized carbons (Fsp3) is 0.200. The van der Waals surface area contributed by atoms with E-state index in [-0.39, 0.29) is 18.0 Å². The van der Waals surface area contributed by atoms with Gasteiger partial charge in [0.15, 0.2) is 5.16 Å². The van der Waals surface area contributed by atoms with Gasteiger partial charge < -0.3 is 15.0 Å². The highest BCUT2D eigenvalue weighted by molar-refractivity contribution is 7.98. The number of H-pyrrole nitrogens is 1. The van der Waals surface area contributed by atoms with Crippen LogP contribution in [-0.4, -0.2) is 42.4 Å². The number of ether oxygens (including phenoxy) is 1. The van der Waals surface area contributed by atoms with Crippen LogP contribution in [0.5, 0.6) is 5.75 Å². The molecule has 4 aromatic rings. The van der Waals surface area contributed by atoms with E-state index < -0.39 is 17.4 Å². The van der Waals surface area contributed by atoms with Crippen molar-refractivity contribution in [1.82, 2.24) is 25.0 Å². The predicted octanol–water partition coefficient (Wildman–Crippen LogP) is 3.90. The average molecular weight is 489 g/mol. The molecule has 0 unspecified atom stereocenters. The lowest BCUT2D eigenvalue weighted by molar-refractivity contribution is -0.385. The van der Waals surface area contributed by atoms with Gasteiger partial charge in [-0.25, -0.2) is 9.67 Å². The third-order valence-electron chi connectivity index (χ3n) is 4.68. The fourth-order valence-corrected chi connectivity index (χ4v) is 3.89. The van der Waals surface area contributed by atoms with E-state index in [1.165, 1.54) is 40.7 Å². The van der Waals surface area contributed by atoms with Crippen LogP contribution in [0.4, 0.5) is 20.2 Å². The first kappa shape index (κ1) is 23.1. The molecular weight excluding hydrogens is 472 g/mol. The van der Waals surface area contributed by atoms with Crippen LogP contribution in [0.15, 0.2) is 47.8 Å². The molecule has 0 aliphatic rings. The number of benzene rings is 2. The number of anilines is 1. The number of carbonyl (C=O) groups is 1. The number of nitro benzene ring substituents is 1. The van der Waals surface area contributed by atoms with Gasteiger partial charge in [0.05, 0.1) is 32.9 Å². The Morgan fingerprint density at radius 1 is 1.35 bits per heavy atom. The highest BCUT2D eigenvalue weighted by Gasteiger charge is 2.15. The first-order valence-electron chi connectivity index (χ1n) is 9.79. The first-order chi connectivity index (χ1) is 16.3. The molecule has 176 valence electrons. The summed E-state index contributed by atoms with van der Waals surface area (Å²) in [6.45, 7) is -1.48. The Bertz CT molecular complexity index is 1360. The van der Waals surface area contributed by atoms with Gasteiger partial charge in [-0.1, -0.05) is 23.0 Å². The molecule has 11 nitrogen and oxygen atoms in total. The van der Waals surface area contributed by atoms with E-state index in [1.54, 1.807) is 25.3 Å².